The first-order valence-corrected chi connectivity index (χ1v) is 10.2. The SMILES string of the molecule is CCOc1cc(C(=O)NNC(=O)c2cc3ccccc3oc2=O)cc(OCC)c1OCC. The summed E-state index contributed by atoms with van der Waals surface area (Å²) >= 11 is 0. The average Bonchev–Trinajstić information content (AvgIpc) is 2.79. The number of hydrogen-bond acceptors (Lipinski definition) is 7. The third kappa shape index (κ3) is 5.00. The zero-order valence-electron chi connectivity index (χ0n) is 18.0. The van der Waals surface area contributed by atoms with Crippen LogP contribution in [0.2, 0.25) is 0 Å². The summed E-state index contributed by atoms with van der Waals surface area (Å²) in [6.07, 6.45) is 0. The highest BCUT2D eigenvalue weighted by atomic mass is 16.5. The Hall–Kier alpha value is -4.01. The van der Waals surface area contributed by atoms with E-state index in [0.717, 1.165) is 0 Å². The van der Waals surface area contributed by atoms with Crippen molar-refractivity contribution in [3.63, 3.8) is 0 Å². The number of hydrogen-bond donors (Lipinski definition) is 2. The molecule has 168 valence electrons. The number of carbonyl (C=O) groups is 2. The van der Waals surface area contributed by atoms with Crippen LogP contribution in [0.1, 0.15) is 41.5 Å². The number of benzene rings is 2. The molecule has 32 heavy (non-hydrogen) atoms. The molecule has 1 aromatic heterocycles. The standard InChI is InChI=1S/C23H24N2O7/c1-4-29-18-12-15(13-19(30-5-2)20(18)31-6-3)21(26)24-25-22(27)16-11-14-9-7-8-10-17(14)32-23(16)28/h7-13H,4-6H2,1-3H3,(H,24,26)(H,25,27). The summed E-state index contributed by atoms with van der Waals surface area (Å²) in [7, 11) is 0. The van der Waals surface area contributed by atoms with Crippen molar-refractivity contribution in [2.24, 2.45) is 0 Å². The summed E-state index contributed by atoms with van der Waals surface area (Å²) in [5, 5.41) is 0.581. The van der Waals surface area contributed by atoms with Crippen LogP contribution >= 0.6 is 0 Å². The lowest BCUT2D eigenvalue weighted by molar-refractivity contribution is 0.0844. The molecule has 2 amide bonds. The maximum Gasteiger partial charge on any atom is 0.349 e. The quantitative estimate of drug-likeness (QED) is 0.408. The number of carbonyl (C=O) groups excluding carboxylic acids is 2. The van der Waals surface area contributed by atoms with Gasteiger partial charge in [0.2, 0.25) is 5.75 Å². The Labute approximate surface area is 184 Å². The zero-order chi connectivity index (χ0) is 23.1. The van der Waals surface area contributed by atoms with Crippen LogP contribution in [-0.2, 0) is 0 Å². The van der Waals surface area contributed by atoms with E-state index in [9.17, 15) is 14.4 Å². The number of rotatable bonds is 8. The normalized spacial score (nSPS) is 10.5. The minimum Gasteiger partial charge on any atom is -0.490 e. The van der Waals surface area contributed by atoms with E-state index in [1.54, 1.807) is 38.1 Å². The second-order valence-electron chi connectivity index (χ2n) is 6.49. The van der Waals surface area contributed by atoms with Crippen molar-refractivity contribution < 1.29 is 28.2 Å². The van der Waals surface area contributed by atoms with Crippen molar-refractivity contribution in [3.8, 4) is 17.2 Å². The summed E-state index contributed by atoms with van der Waals surface area (Å²) in [5.74, 6) is -0.364. The molecule has 0 aliphatic heterocycles. The highest BCUT2D eigenvalue weighted by Gasteiger charge is 2.20. The fraction of sp³-hybridized carbons (Fsp3) is 0.261. The molecule has 0 aliphatic rings. The highest BCUT2D eigenvalue weighted by Crippen LogP contribution is 2.39. The van der Waals surface area contributed by atoms with Crippen molar-refractivity contribution in [1.82, 2.24) is 10.9 Å². The number of amides is 2. The maximum atomic E-state index is 12.7. The first-order chi connectivity index (χ1) is 15.5. The van der Waals surface area contributed by atoms with Gasteiger partial charge in [0.1, 0.15) is 11.1 Å². The fourth-order valence-electron chi connectivity index (χ4n) is 2.99. The molecule has 0 fully saturated rings. The molecule has 9 heteroatoms. The van der Waals surface area contributed by atoms with E-state index >= 15 is 0 Å². The van der Waals surface area contributed by atoms with Crippen LogP contribution in [0.5, 0.6) is 17.2 Å². The lowest BCUT2D eigenvalue weighted by Crippen LogP contribution is -2.43. The predicted molar refractivity (Wildman–Crippen MR) is 117 cm³/mol. The van der Waals surface area contributed by atoms with Crippen molar-refractivity contribution >= 4 is 22.8 Å². The third-order valence-corrected chi connectivity index (χ3v) is 4.35. The molecule has 0 bridgehead atoms. The van der Waals surface area contributed by atoms with Crippen molar-refractivity contribution in [2.75, 3.05) is 19.8 Å². The Bertz CT molecular complexity index is 1160. The molecule has 0 atom stereocenters. The van der Waals surface area contributed by atoms with Crippen LogP contribution in [0.25, 0.3) is 11.0 Å². The minimum atomic E-state index is -0.811. The van der Waals surface area contributed by atoms with E-state index in [1.807, 2.05) is 6.92 Å². The first kappa shape index (κ1) is 22.7. The van der Waals surface area contributed by atoms with Crippen LogP contribution in [0, 0.1) is 0 Å². The average molecular weight is 440 g/mol. The lowest BCUT2D eigenvalue weighted by Gasteiger charge is -2.17. The van der Waals surface area contributed by atoms with Crippen LogP contribution < -0.4 is 30.7 Å². The summed E-state index contributed by atoms with van der Waals surface area (Å²) in [6.45, 7) is 6.52. The molecule has 2 N–H and O–H groups in total. The third-order valence-electron chi connectivity index (χ3n) is 4.35. The van der Waals surface area contributed by atoms with Gasteiger partial charge in [0, 0.05) is 10.9 Å². The number of para-hydroxylation sites is 1. The number of hydrazine groups is 1. The summed E-state index contributed by atoms with van der Waals surface area (Å²) < 4.78 is 22.0. The highest BCUT2D eigenvalue weighted by molar-refractivity contribution is 6.00. The Balaban J connectivity index is 1.81. The zero-order valence-corrected chi connectivity index (χ0v) is 18.0. The minimum absolute atomic E-state index is 0.172. The van der Waals surface area contributed by atoms with E-state index in [4.69, 9.17) is 18.6 Å². The van der Waals surface area contributed by atoms with Gasteiger partial charge < -0.3 is 18.6 Å². The molecule has 0 saturated heterocycles. The Morgan fingerprint density at radius 1 is 0.844 bits per heavy atom. The van der Waals surface area contributed by atoms with Gasteiger partial charge >= 0.3 is 5.63 Å². The largest absolute Gasteiger partial charge is 0.490 e. The maximum absolute atomic E-state index is 12.7. The Morgan fingerprint density at radius 2 is 1.44 bits per heavy atom. The Kier molecular flexibility index (Phi) is 7.33. The molecule has 1 heterocycles. The summed E-state index contributed by atoms with van der Waals surface area (Å²) in [5.41, 5.74) is 4.01. The number of fused-ring (bicyclic) bond motifs is 1. The first-order valence-electron chi connectivity index (χ1n) is 10.2. The van der Waals surface area contributed by atoms with Gasteiger partial charge in [0.05, 0.1) is 19.8 Å². The van der Waals surface area contributed by atoms with E-state index < -0.39 is 17.4 Å². The number of nitrogens with one attached hydrogen (secondary N) is 2. The van der Waals surface area contributed by atoms with E-state index in [1.165, 1.54) is 18.2 Å². The number of ether oxygens (including phenoxy) is 3. The predicted octanol–water partition coefficient (Wildman–Crippen LogP) is 3.06. The molecular weight excluding hydrogens is 416 g/mol. The molecule has 3 rings (SSSR count). The van der Waals surface area contributed by atoms with Crippen LogP contribution in [0.4, 0.5) is 0 Å². The summed E-state index contributed by atoms with van der Waals surface area (Å²) in [6, 6.07) is 11.2. The summed E-state index contributed by atoms with van der Waals surface area (Å²) in [4.78, 5) is 37.3. The molecule has 2 aromatic carbocycles. The Morgan fingerprint density at radius 3 is 2.06 bits per heavy atom. The van der Waals surface area contributed by atoms with Crippen LogP contribution in [0.3, 0.4) is 0 Å². The molecule has 0 radical (unpaired) electrons. The monoisotopic (exact) mass is 440 g/mol. The molecule has 0 saturated carbocycles. The van der Waals surface area contributed by atoms with Gasteiger partial charge in [-0.05, 0) is 45.0 Å². The molecule has 0 aliphatic carbocycles. The molecule has 3 aromatic rings. The second kappa shape index (κ2) is 10.3. The van der Waals surface area contributed by atoms with E-state index in [0.29, 0.717) is 48.0 Å². The molecule has 0 spiro atoms. The van der Waals surface area contributed by atoms with Gasteiger partial charge in [-0.2, -0.15) is 0 Å². The second-order valence-corrected chi connectivity index (χ2v) is 6.49. The van der Waals surface area contributed by atoms with Crippen LogP contribution in [-0.4, -0.2) is 31.6 Å². The van der Waals surface area contributed by atoms with Crippen molar-refractivity contribution in [2.45, 2.75) is 20.8 Å². The van der Waals surface area contributed by atoms with E-state index in [2.05, 4.69) is 10.9 Å². The van der Waals surface area contributed by atoms with Crippen LogP contribution in [0.15, 0.2) is 51.7 Å². The molecular formula is C23H24N2O7. The van der Waals surface area contributed by atoms with E-state index in [-0.39, 0.29) is 11.1 Å². The van der Waals surface area contributed by atoms with Gasteiger partial charge in [0.15, 0.2) is 11.5 Å². The van der Waals surface area contributed by atoms with Gasteiger partial charge in [-0.15, -0.1) is 0 Å². The lowest BCUT2D eigenvalue weighted by atomic mass is 10.1. The van der Waals surface area contributed by atoms with Gasteiger partial charge in [-0.25, -0.2) is 4.79 Å². The van der Waals surface area contributed by atoms with Gasteiger partial charge in [0.25, 0.3) is 11.8 Å². The molecule has 0 unspecified atom stereocenters. The van der Waals surface area contributed by atoms with Crippen molar-refractivity contribution in [3.05, 3.63) is 64.0 Å². The van der Waals surface area contributed by atoms with Crippen molar-refractivity contribution in [1.29, 1.82) is 0 Å². The van der Waals surface area contributed by atoms with Gasteiger partial charge in [-0.3, -0.25) is 20.4 Å². The van der Waals surface area contributed by atoms with Gasteiger partial charge in [-0.1, -0.05) is 18.2 Å². The molecule has 9 nitrogen and oxygen atoms in total. The topological polar surface area (TPSA) is 116 Å². The fourth-order valence-corrected chi connectivity index (χ4v) is 2.99. The smallest absolute Gasteiger partial charge is 0.349 e.